The Bertz CT molecular complexity index is 356. The Morgan fingerprint density at radius 3 is 3.00 bits per heavy atom. The maximum Gasteiger partial charge on any atom is 0.0755 e. The van der Waals surface area contributed by atoms with Crippen molar-refractivity contribution in [3.63, 3.8) is 0 Å². The Morgan fingerprint density at radius 1 is 1.56 bits per heavy atom. The van der Waals surface area contributed by atoms with Gasteiger partial charge in [-0.25, -0.2) is 0 Å². The SMILES string of the molecule is CC1CCOC1C(N)Cc1cccc(Br)c1. The number of hydrogen-bond donors (Lipinski definition) is 1. The minimum Gasteiger partial charge on any atom is -0.376 e. The fourth-order valence-electron chi connectivity index (χ4n) is 2.32. The first kappa shape index (κ1) is 12.1. The van der Waals surface area contributed by atoms with Gasteiger partial charge in [-0.1, -0.05) is 35.0 Å². The Kier molecular flexibility index (Phi) is 4.00. The molecule has 0 bridgehead atoms. The zero-order valence-electron chi connectivity index (χ0n) is 9.53. The quantitative estimate of drug-likeness (QED) is 0.926. The Balaban J connectivity index is 1.99. The minimum atomic E-state index is 0.104. The summed E-state index contributed by atoms with van der Waals surface area (Å²) in [6.07, 6.45) is 2.24. The van der Waals surface area contributed by atoms with E-state index in [1.807, 2.05) is 12.1 Å². The lowest BCUT2D eigenvalue weighted by Gasteiger charge is -2.22. The maximum atomic E-state index is 6.21. The van der Waals surface area contributed by atoms with Crippen molar-refractivity contribution in [2.45, 2.75) is 31.9 Å². The number of nitrogens with two attached hydrogens (primary N) is 1. The highest BCUT2D eigenvalue weighted by molar-refractivity contribution is 9.10. The number of ether oxygens (including phenoxy) is 1. The first-order chi connectivity index (χ1) is 7.66. The third kappa shape index (κ3) is 2.84. The largest absolute Gasteiger partial charge is 0.376 e. The summed E-state index contributed by atoms with van der Waals surface area (Å²) in [5.74, 6) is 0.585. The zero-order chi connectivity index (χ0) is 11.5. The van der Waals surface area contributed by atoms with Crippen molar-refractivity contribution in [3.05, 3.63) is 34.3 Å². The van der Waals surface area contributed by atoms with Crippen LogP contribution in [0.1, 0.15) is 18.9 Å². The van der Waals surface area contributed by atoms with Gasteiger partial charge in [0.05, 0.1) is 6.10 Å². The second-order valence-corrected chi connectivity index (χ2v) is 5.51. The molecule has 0 amide bonds. The number of benzene rings is 1. The molecular weight excluding hydrogens is 266 g/mol. The van der Waals surface area contributed by atoms with E-state index < -0.39 is 0 Å². The van der Waals surface area contributed by atoms with Crippen molar-refractivity contribution in [2.75, 3.05) is 6.61 Å². The molecule has 0 spiro atoms. The molecule has 3 heteroatoms. The van der Waals surface area contributed by atoms with Crippen molar-refractivity contribution in [1.29, 1.82) is 0 Å². The fourth-order valence-corrected chi connectivity index (χ4v) is 2.76. The van der Waals surface area contributed by atoms with Gasteiger partial charge in [-0.15, -0.1) is 0 Å². The average molecular weight is 284 g/mol. The van der Waals surface area contributed by atoms with Gasteiger partial charge in [0, 0.05) is 17.1 Å². The molecule has 1 fully saturated rings. The molecule has 1 aromatic rings. The summed E-state index contributed by atoms with van der Waals surface area (Å²) in [6, 6.07) is 8.42. The van der Waals surface area contributed by atoms with Crippen LogP contribution in [0.4, 0.5) is 0 Å². The van der Waals surface area contributed by atoms with E-state index in [1.165, 1.54) is 5.56 Å². The lowest BCUT2D eigenvalue weighted by atomic mass is 9.94. The van der Waals surface area contributed by atoms with Crippen LogP contribution in [0, 0.1) is 5.92 Å². The van der Waals surface area contributed by atoms with Gasteiger partial charge >= 0.3 is 0 Å². The predicted octanol–water partition coefficient (Wildman–Crippen LogP) is 2.74. The van der Waals surface area contributed by atoms with E-state index in [2.05, 4.69) is 35.0 Å². The summed E-state index contributed by atoms with van der Waals surface area (Å²) in [5, 5.41) is 0. The van der Waals surface area contributed by atoms with Crippen LogP contribution in [0.2, 0.25) is 0 Å². The van der Waals surface area contributed by atoms with E-state index >= 15 is 0 Å². The van der Waals surface area contributed by atoms with Crippen LogP contribution in [0.25, 0.3) is 0 Å². The van der Waals surface area contributed by atoms with Gasteiger partial charge in [0.25, 0.3) is 0 Å². The smallest absolute Gasteiger partial charge is 0.0755 e. The molecule has 1 heterocycles. The Hall–Kier alpha value is -0.380. The summed E-state index contributed by atoms with van der Waals surface area (Å²) in [7, 11) is 0. The standard InChI is InChI=1S/C13H18BrNO/c1-9-5-6-16-13(9)12(15)8-10-3-2-4-11(14)7-10/h2-4,7,9,12-13H,5-6,8,15H2,1H3. The van der Waals surface area contributed by atoms with Gasteiger partial charge in [-0.2, -0.15) is 0 Å². The van der Waals surface area contributed by atoms with E-state index in [0.29, 0.717) is 5.92 Å². The van der Waals surface area contributed by atoms with E-state index in [0.717, 1.165) is 23.9 Å². The summed E-state index contributed by atoms with van der Waals surface area (Å²) < 4.78 is 6.80. The third-order valence-corrected chi connectivity index (χ3v) is 3.72. The van der Waals surface area contributed by atoms with Crippen LogP contribution in [-0.4, -0.2) is 18.8 Å². The second-order valence-electron chi connectivity index (χ2n) is 4.60. The molecule has 0 aromatic heterocycles. The monoisotopic (exact) mass is 283 g/mol. The van der Waals surface area contributed by atoms with Gasteiger partial charge in [0.2, 0.25) is 0 Å². The van der Waals surface area contributed by atoms with Crippen LogP contribution in [-0.2, 0) is 11.2 Å². The molecule has 2 nitrogen and oxygen atoms in total. The van der Waals surface area contributed by atoms with E-state index in [4.69, 9.17) is 10.5 Å². The van der Waals surface area contributed by atoms with Crippen LogP contribution < -0.4 is 5.73 Å². The number of hydrogen-bond acceptors (Lipinski definition) is 2. The van der Waals surface area contributed by atoms with Gasteiger partial charge in [-0.3, -0.25) is 0 Å². The molecule has 0 radical (unpaired) electrons. The third-order valence-electron chi connectivity index (χ3n) is 3.23. The molecule has 1 aromatic carbocycles. The highest BCUT2D eigenvalue weighted by Crippen LogP contribution is 2.24. The van der Waals surface area contributed by atoms with Gasteiger partial charge in [0.1, 0.15) is 0 Å². The lowest BCUT2D eigenvalue weighted by Crippen LogP contribution is -2.39. The zero-order valence-corrected chi connectivity index (χ0v) is 11.1. The molecule has 2 N–H and O–H groups in total. The topological polar surface area (TPSA) is 35.2 Å². The highest BCUT2D eigenvalue weighted by atomic mass is 79.9. The van der Waals surface area contributed by atoms with Crippen molar-refractivity contribution >= 4 is 15.9 Å². The van der Waals surface area contributed by atoms with E-state index in [-0.39, 0.29) is 12.1 Å². The molecule has 1 aliphatic heterocycles. The highest BCUT2D eigenvalue weighted by Gasteiger charge is 2.29. The minimum absolute atomic E-state index is 0.104. The predicted molar refractivity (Wildman–Crippen MR) is 69.3 cm³/mol. The van der Waals surface area contributed by atoms with Crippen LogP contribution in [0.3, 0.4) is 0 Å². The van der Waals surface area contributed by atoms with Crippen LogP contribution in [0.5, 0.6) is 0 Å². The average Bonchev–Trinajstić information content (AvgIpc) is 2.64. The van der Waals surface area contributed by atoms with Crippen molar-refractivity contribution < 1.29 is 4.74 Å². The molecule has 3 unspecified atom stereocenters. The van der Waals surface area contributed by atoms with Crippen molar-refractivity contribution in [1.82, 2.24) is 0 Å². The number of rotatable bonds is 3. The first-order valence-corrected chi connectivity index (χ1v) is 6.58. The molecule has 88 valence electrons. The summed E-state index contributed by atoms with van der Waals surface area (Å²) >= 11 is 3.48. The molecule has 1 aliphatic rings. The molecule has 2 rings (SSSR count). The van der Waals surface area contributed by atoms with Gasteiger partial charge < -0.3 is 10.5 Å². The van der Waals surface area contributed by atoms with Gasteiger partial charge in [0.15, 0.2) is 0 Å². The lowest BCUT2D eigenvalue weighted by molar-refractivity contribution is 0.0726. The maximum absolute atomic E-state index is 6.21. The summed E-state index contributed by atoms with van der Waals surface area (Å²) in [6.45, 7) is 3.08. The van der Waals surface area contributed by atoms with Crippen LogP contribution in [0.15, 0.2) is 28.7 Å². The second kappa shape index (κ2) is 5.30. The molecule has 0 aliphatic carbocycles. The normalized spacial score (nSPS) is 26.9. The van der Waals surface area contributed by atoms with Crippen molar-refractivity contribution in [3.8, 4) is 0 Å². The molecular formula is C13H18BrNO. The van der Waals surface area contributed by atoms with E-state index in [1.54, 1.807) is 0 Å². The van der Waals surface area contributed by atoms with Gasteiger partial charge in [-0.05, 0) is 36.5 Å². The Labute approximate surface area is 105 Å². The van der Waals surface area contributed by atoms with E-state index in [9.17, 15) is 0 Å². The van der Waals surface area contributed by atoms with Crippen LogP contribution >= 0.6 is 15.9 Å². The molecule has 1 saturated heterocycles. The molecule has 3 atom stereocenters. The number of halogens is 1. The first-order valence-electron chi connectivity index (χ1n) is 5.78. The molecule has 16 heavy (non-hydrogen) atoms. The summed E-state index contributed by atoms with van der Waals surface area (Å²) in [4.78, 5) is 0. The molecule has 0 saturated carbocycles. The summed E-state index contributed by atoms with van der Waals surface area (Å²) in [5.41, 5.74) is 7.48. The Morgan fingerprint density at radius 2 is 2.38 bits per heavy atom. The van der Waals surface area contributed by atoms with Crippen molar-refractivity contribution in [2.24, 2.45) is 11.7 Å². The fraction of sp³-hybridized carbons (Fsp3) is 0.538.